The predicted molar refractivity (Wildman–Crippen MR) is 89.7 cm³/mol. The Morgan fingerprint density at radius 1 is 1.38 bits per heavy atom. The minimum Gasteiger partial charge on any atom is -0.469 e. The van der Waals surface area contributed by atoms with Crippen LogP contribution in [0.3, 0.4) is 0 Å². The summed E-state index contributed by atoms with van der Waals surface area (Å²) in [6.45, 7) is 2.50. The molecule has 1 atom stereocenters. The highest BCUT2D eigenvalue weighted by atomic mass is 16.7. The largest absolute Gasteiger partial charge is 0.469 e. The molecule has 0 saturated carbocycles. The molecular formula is C19H24O5. The third-order valence-corrected chi connectivity index (χ3v) is 3.93. The number of hydrogen-bond donors (Lipinski definition) is 1. The molecule has 1 aliphatic heterocycles. The van der Waals surface area contributed by atoms with Gasteiger partial charge in [0.05, 0.1) is 20.1 Å². The lowest BCUT2D eigenvalue weighted by molar-refractivity contribution is -0.139. The summed E-state index contributed by atoms with van der Waals surface area (Å²) in [5.41, 5.74) is 2.44. The fraction of sp³-hybridized carbons (Fsp3) is 0.526. The van der Waals surface area contributed by atoms with Gasteiger partial charge in [0.25, 0.3) is 0 Å². The zero-order valence-electron chi connectivity index (χ0n) is 14.3. The molecule has 1 aromatic carbocycles. The maximum atomic E-state index is 11.6. The first-order valence-corrected chi connectivity index (χ1v) is 8.28. The van der Waals surface area contributed by atoms with Gasteiger partial charge >= 0.3 is 5.97 Å². The Bertz CT molecular complexity index is 621. The van der Waals surface area contributed by atoms with E-state index in [0.29, 0.717) is 12.2 Å². The van der Waals surface area contributed by atoms with Crippen molar-refractivity contribution in [2.45, 2.75) is 45.3 Å². The molecule has 24 heavy (non-hydrogen) atoms. The summed E-state index contributed by atoms with van der Waals surface area (Å²) in [5.74, 6) is 5.92. The second-order valence-electron chi connectivity index (χ2n) is 5.60. The minimum absolute atomic E-state index is 0.138. The van der Waals surface area contributed by atoms with Gasteiger partial charge in [0, 0.05) is 12.0 Å². The Hall–Kier alpha value is -2.03. The van der Waals surface area contributed by atoms with Gasteiger partial charge in [0.15, 0.2) is 6.29 Å². The highest BCUT2D eigenvalue weighted by molar-refractivity contribution is 5.74. The third kappa shape index (κ3) is 4.98. The van der Waals surface area contributed by atoms with E-state index in [-0.39, 0.29) is 25.3 Å². The molecule has 0 aliphatic carbocycles. The Balaban J connectivity index is 2.33. The highest BCUT2D eigenvalue weighted by Gasteiger charge is 2.18. The Morgan fingerprint density at radius 2 is 2.21 bits per heavy atom. The van der Waals surface area contributed by atoms with E-state index in [1.54, 1.807) is 0 Å². The summed E-state index contributed by atoms with van der Waals surface area (Å²) in [6, 6.07) is 3.76. The molecule has 1 N–H and O–H groups in total. The summed E-state index contributed by atoms with van der Waals surface area (Å²) in [7, 11) is 1.36. The van der Waals surface area contributed by atoms with Crippen LogP contribution in [-0.2, 0) is 27.1 Å². The topological polar surface area (TPSA) is 65.0 Å². The van der Waals surface area contributed by atoms with Gasteiger partial charge in [-0.2, -0.15) is 0 Å². The van der Waals surface area contributed by atoms with E-state index in [1.807, 2.05) is 19.1 Å². The molecule has 2 rings (SSSR count). The van der Waals surface area contributed by atoms with E-state index < -0.39 is 0 Å². The first kappa shape index (κ1) is 18.3. The van der Waals surface area contributed by atoms with Crippen LogP contribution in [0.4, 0.5) is 0 Å². The molecular weight excluding hydrogens is 308 g/mol. The molecule has 5 nitrogen and oxygen atoms in total. The fourth-order valence-corrected chi connectivity index (χ4v) is 2.63. The molecule has 1 aromatic rings. The molecule has 130 valence electrons. The monoisotopic (exact) mass is 332 g/mol. The highest BCUT2D eigenvalue weighted by Crippen LogP contribution is 2.28. The van der Waals surface area contributed by atoms with E-state index >= 15 is 0 Å². The Morgan fingerprint density at radius 3 is 2.83 bits per heavy atom. The molecule has 0 bridgehead atoms. The lowest BCUT2D eigenvalue weighted by Crippen LogP contribution is -2.25. The second-order valence-corrected chi connectivity index (χ2v) is 5.60. The molecule has 1 heterocycles. The summed E-state index contributed by atoms with van der Waals surface area (Å²) < 4.78 is 16.4. The van der Waals surface area contributed by atoms with Crippen molar-refractivity contribution in [2.75, 3.05) is 20.3 Å². The van der Waals surface area contributed by atoms with Crippen molar-refractivity contribution < 1.29 is 24.1 Å². The number of aryl methyl sites for hydroxylation is 1. The van der Waals surface area contributed by atoms with Crippen LogP contribution in [-0.4, -0.2) is 37.7 Å². The molecule has 0 spiro atoms. The SMILES string of the molecule is CCc1cc(CC(=O)OC)c(C#CCO)cc1OC1CCCCO1. The maximum absolute atomic E-state index is 11.6. The average molecular weight is 332 g/mol. The molecule has 0 amide bonds. The number of ether oxygens (including phenoxy) is 3. The van der Waals surface area contributed by atoms with E-state index in [4.69, 9.17) is 19.3 Å². The molecule has 1 fully saturated rings. The van der Waals surface area contributed by atoms with Crippen LogP contribution in [0.5, 0.6) is 5.75 Å². The van der Waals surface area contributed by atoms with E-state index in [0.717, 1.165) is 42.6 Å². The van der Waals surface area contributed by atoms with Crippen molar-refractivity contribution in [1.82, 2.24) is 0 Å². The minimum atomic E-state index is -0.326. The van der Waals surface area contributed by atoms with Crippen LogP contribution in [0.15, 0.2) is 12.1 Å². The van der Waals surface area contributed by atoms with Crippen LogP contribution in [0.25, 0.3) is 0 Å². The van der Waals surface area contributed by atoms with Crippen molar-refractivity contribution in [3.05, 3.63) is 28.8 Å². The Labute approximate surface area is 142 Å². The van der Waals surface area contributed by atoms with Crippen LogP contribution in [0.1, 0.15) is 42.9 Å². The fourth-order valence-electron chi connectivity index (χ4n) is 2.63. The Kier molecular flexibility index (Phi) is 7.10. The summed E-state index contributed by atoms with van der Waals surface area (Å²) in [6.07, 6.45) is 3.68. The van der Waals surface area contributed by atoms with Gasteiger partial charge in [0.1, 0.15) is 12.4 Å². The van der Waals surface area contributed by atoms with Crippen molar-refractivity contribution in [3.8, 4) is 17.6 Å². The zero-order chi connectivity index (χ0) is 17.4. The smallest absolute Gasteiger partial charge is 0.310 e. The van der Waals surface area contributed by atoms with Gasteiger partial charge in [-0.15, -0.1) is 0 Å². The molecule has 5 heteroatoms. The number of hydrogen-bond acceptors (Lipinski definition) is 5. The van der Waals surface area contributed by atoms with Crippen LogP contribution in [0.2, 0.25) is 0 Å². The first-order chi connectivity index (χ1) is 11.7. The van der Waals surface area contributed by atoms with Crippen LogP contribution >= 0.6 is 0 Å². The first-order valence-electron chi connectivity index (χ1n) is 8.28. The number of esters is 1. The van der Waals surface area contributed by atoms with Crippen LogP contribution < -0.4 is 4.74 Å². The molecule has 0 aromatic heterocycles. The quantitative estimate of drug-likeness (QED) is 0.661. The van der Waals surface area contributed by atoms with Gasteiger partial charge in [-0.05, 0) is 36.5 Å². The van der Waals surface area contributed by atoms with Crippen molar-refractivity contribution in [3.63, 3.8) is 0 Å². The van der Waals surface area contributed by atoms with Crippen LogP contribution in [0, 0.1) is 11.8 Å². The molecule has 1 unspecified atom stereocenters. The maximum Gasteiger partial charge on any atom is 0.310 e. The van der Waals surface area contributed by atoms with Crippen molar-refractivity contribution in [2.24, 2.45) is 0 Å². The van der Waals surface area contributed by atoms with Gasteiger partial charge in [-0.3, -0.25) is 4.79 Å². The number of methoxy groups -OCH3 is 1. The number of aliphatic hydroxyl groups excluding tert-OH is 1. The van der Waals surface area contributed by atoms with Gasteiger partial charge in [-0.25, -0.2) is 0 Å². The van der Waals surface area contributed by atoms with E-state index in [9.17, 15) is 4.79 Å². The third-order valence-electron chi connectivity index (χ3n) is 3.93. The van der Waals surface area contributed by atoms with E-state index in [1.165, 1.54) is 7.11 Å². The number of aliphatic hydroxyl groups is 1. The number of benzene rings is 1. The van der Waals surface area contributed by atoms with Crippen molar-refractivity contribution >= 4 is 5.97 Å². The zero-order valence-corrected chi connectivity index (χ0v) is 14.3. The number of rotatable bonds is 5. The van der Waals surface area contributed by atoms with Gasteiger partial charge in [0.2, 0.25) is 0 Å². The van der Waals surface area contributed by atoms with Gasteiger partial charge in [-0.1, -0.05) is 24.8 Å². The summed E-state index contributed by atoms with van der Waals surface area (Å²) in [5, 5.41) is 8.96. The predicted octanol–water partition coefficient (Wildman–Crippen LogP) is 2.21. The number of carbonyl (C=O) groups excluding carboxylic acids is 1. The van der Waals surface area contributed by atoms with Gasteiger partial charge < -0.3 is 19.3 Å². The standard InChI is InChI=1S/C19H24O5/c1-3-14-11-16(13-18(21)22-2)15(7-6-9-20)12-17(14)24-19-8-4-5-10-23-19/h11-12,19-20H,3-5,8-10,13H2,1-2H3. The summed E-state index contributed by atoms with van der Waals surface area (Å²) >= 11 is 0. The van der Waals surface area contributed by atoms with Crippen molar-refractivity contribution in [1.29, 1.82) is 0 Å². The van der Waals surface area contributed by atoms with E-state index in [2.05, 4.69) is 11.8 Å². The average Bonchev–Trinajstić information content (AvgIpc) is 2.62. The summed E-state index contributed by atoms with van der Waals surface area (Å²) in [4.78, 5) is 11.6. The number of carbonyl (C=O) groups is 1. The lowest BCUT2D eigenvalue weighted by Gasteiger charge is -2.25. The second kappa shape index (κ2) is 9.31. The molecule has 1 aliphatic rings. The normalized spacial score (nSPS) is 16.9. The molecule has 1 saturated heterocycles. The lowest BCUT2D eigenvalue weighted by atomic mass is 9.99. The molecule has 0 radical (unpaired) electrons.